The Hall–Kier alpha value is -3.74. The second-order valence-corrected chi connectivity index (χ2v) is 6.40. The lowest BCUT2D eigenvalue weighted by Gasteiger charge is -2.25. The number of nitrogens with one attached hydrogen (secondary N) is 2. The second-order valence-electron chi connectivity index (χ2n) is 6.40. The lowest BCUT2D eigenvalue weighted by Crippen LogP contribution is -2.29. The molecule has 1 unspecified atom stereocenters. The summed E-state index contributed by atoms with van der Waals surface area (Å²) in [4.78, 5) is 33.0. The van der Waals surface area contributed by atoms with Crippen LogP contribution in [0.15, 0.2) is 29.6 Å². The largest absolute Gasteiger partial charge is 0.346 e. The molecule has 0 spiro atoms. The van der Waals surface area contributed by atoms with E-state index in [1.165, 1.54) is 12.4 Å². The molecule has 0 bridgehead atoms. The molecule has 0 saturated carbocycles. The lowest BCUT2D eigenvalue weighted by molar-refractivity contribution is 0.626. The molecule has 4 aromatic heterocycles. The van der Waals surface area contributed by atoms with E-state index in [2.05, 4.69) is 31.0 Å². The molecular formula is C17H13FN8O. The van der Waals surface area contributed by atoms with Crippen molar-refractivity contribution < 1.29 is 4.39 Å². The summed E-state index contributed by atoms with van der Waals surface area (Å²) in [5.74, 6) is 0.546. The van der Waals surface area contributed by atoms with Crippen molar-refractivity contribution in [3.63, 3.8) is 0 Å². The Bertz CT molecular complexity index is 1280. The molecule has 1 atom stereocenters. The van der Waals surface area contributed by atoms with Gasteiger partial charge in [-0.05, 0) is 12.8 Å². The number of aromatic amines is 2. The van der Waals surface area contributed by atoms with Crippen molar-refractivity contribution in [3.05, 3.63) is 52.5 Å². The molecule has 134 valence electrons. The molecule has 0 amide bonds. The highest BCUT2D eigenvalue weighted by molar-refractivity contribution is 5.93. The first-order valence-electron chi connectivity index (χ1n) is 8.42. The van der Waals surface area contributed by atoms with Gasteiger partial charge in [-0.15, -0.1) is 0 Å². The van der Waals surface area contributed by atoms with Crippen molar-refractivity contribution in [2.75, 3.05) is 11.4 Å². The molecule has 27 heavy (non-hydrogen) atoms. The van der Waals surface area contributed by atoms with Crippen LogP contribution < -0.4 is 10.6 Å². The summed E-state index contributed by atoms with van der Waals surface area (Å²) < 4.78 is 14.6. The fourth-order valence-corrected chi connectivity index (χ4v) is 3.70. The standard InChI is InChI=1S/C17H13FN8O/c18-10-4-12-23-14(24-17(27)26(12)7-10)11-2-1-3-25(11)16-13-9(5-19)6-20-15(13)21-8-22-16/h4,6-8,11H,1-3H2,(H,20,21,22)(H,23,24,27). The van der Waals surface area contributed by atoms with Crippen molar-refractivity contribution >= 4 is 22.5 Å². The third-order valence-corrected chi connectivity index (χ3v) is 4.87. The van der Waals surface area contributed by atoms with Crippen LogP contribution in [-0.2, 0) is 0 Å². The summed E-state index contributed by atoms with van der Waals surface area (Å²) in [7, 11) is 0. The summed E-state index contributed by atoms with van der Waals surface area (Å²) in [5.41, 5.74) is 0.841. The highest BCUT2D eigenvalue weighted by Crippen LogP contribution is 2.37. The topological polar surface area (TPSA) is 119 Å². The normalized spacial score (nSPS) is 17.0. The smallest absolute Gasteiger partial charge is 0.332 e. The molecule has 1 aliphatic heterocycles. The highest BCUT2D eigenvalue weighted by atomic mass is 19.1. The number of halogens is 1. The van der Waals surface area contributed by atoms with Gasteiger partial charge in [-0.25, -0.2) is 28.5 Å². The number of hydrogen-bond donors (Lipinski definition) is 2. The van der Waals surface area contributed by atoms with E-state index >= 15 is 0 Å². The zero-order valence-corrected chi connectivity index (χ0v) is 14.0. The first-order chi connectivity index (χ1) is 13.2. The van der Waals surface area contributed by atoms with Crippen molar-refractivity contribution in [2.24, 2.45) is 0 Å². The molecule has 5 heterocycles. The summed E-state index contributed by atoms with van der Waals surface area (Å²) >= 11 is 0. The fraction of sp³-hybridized carbons (Fsp3) is 0.235. The van der Waals surface area contributed by atoms with Crippen molar-refractivity contribution in [3.8, 4) is 6.07 Å². The molecule has 1 saturated heterocycles. The van der Waals surface area contributed by atoms with Crippen LogP contribution >= 0.6 is 0 Å². The number of fused-ring (bicyclic) bond motifs is 2. The fourth-order valence-electron chi connectivity index (χ4n) is 3.70. The van der Waals surface area contributed by atoms with Gasteiger partial charge in [0.1, 0.15) is 41.2 Å². The van der Waals surface area contributed by atoms with Crippen LogP contribution in [0.2, 0.25) is 0 Å². The zero-order valence-electron chi connectivity index (χ0n) is 14.0. The predicted octanol–water partition coefficient (Wildman–Crippen LogP) is 1.65. The van der Waals surface area contributed by atoms with E-state index in [1.807, 2.05) is 4.90 Å². The number of H-pyrrole nitrogens is 2. The Balaban J connectivity index is 1.66. The Kier molecular flexibility index (Phi) is 3.24. The quantitative estimate of drug-likeness (QED) is 0.558. The van der Waals surface area contributed by atoms with Gasteiger partial charge in [0, 0.05) is 18.8 Å². The molecule has 1 fully saturated rings. The number of rotatable bonds is 2. The van der Waals surface area contributed by atoms with Gasteiger partial charge >= 0.3 is 5.69 Å². The van der Waals surface area contributed by atoms with E-state index < -0.39 is 11.5 Å². The van der Waals surface area contributed by atoms with Crippen LogP contribution in [0.25, 0.3) is 16.7 Å². The Labute approximate surface area is 151 Å². The predicted molar refractivity (Wildman–Crippen MR) is 93.7 cm³/mol. The minimum atomic E-state index is -0.517. The number of nitrogens with zero attached hydrogens (tertiary/aromatic N) is 6. The Morgan fingerprint density at radius 1 is 1.37 bits per heavy atom. The van der Waals surface area contributed by atoms with E-state index in [0.29, 0.717) is 34.8 Å². The third-order valence-electron chi connectivity index (χ3n) is 4.87. The maximum atomic E-state index is 13.5. The minimum absolute atomic E-state index is 0.236. The summed E-state index contributed by atoms with van der Waals surface area (Å²) in [5, 5.41) is 10.0. The van der Waals surface area contributed by atoms with E-state index in [0.717, 1.165) is 23.4 Å². The van der Waals surface area contributed by atoms with Crippen LogP contribution in [0, 0.1) is 17.1 Å². The van der Waals surface area contributed by atoms with Crippen molar-refractivity contribution in [1.29, 1.82) is 5.26 Å². The number of anilines is 1. The molecule has 0 aliphatic carbocycles. The van der Waals surface area contributed by atoms with E-state index in [9.17, 15) is 14.4 Å². The Morgan fingerprint density at radius 3 is 3.11 bits per heavy atom. The van der Waals surface area contributed by atoms with Crippen LogP contribution in [0.4, 0.5) is 10.2 Å². The van der Waals surface area contributed by atoms with Crippen LogP contribution in [0.1, 0.15) is 30.3 Å². The van der Waals surface area contributed by atoms with Gasteiger partial charge in [0.05, 0.1) is 23.2 Å². The molecule has 0 aromatic carbocycles. The summed E-state index contributed by atoms with van der Waals surface area (Å²) in [6, 6.07) is 3.14. The average molecular weight is 364 g/mol. The molecule has 2 N–H and O–H groups in total. The third kappa shape index (κ3) is 2.28. The molecule has 0 radical (unpaired) electrons. The van der Waals surface area contributed by atoms with E-state index in [4.69, 9.17) is 0 Å². The van der Waals surface area contributed by atoms with Gasteiger partial charge in [-0.3, -0.25) is 4.98 Å². The Morgan fingerprint density at radius 2 is 2.26 bits per heavy atom. The maximum absolute atomic E-state index is 13.5. The zero-order chi connectivity index (χ0) is 18.5. The van der Waals surface area contributed by atoms with Gasteiger partial charge in [0.25, 0.3) is 0 Å². The minimum Gasteiger partial charge on any atom is -0.346 e. The summed E-state index contributed by atoms with van der Waals surface area (Å²) in [6.07, 6.45) is 5.76. The van der Waals surface area contributed by atoms with Crippen molar-refractivity contribution in [2.45, 2.75) is 18.9 Å². The summed E-state index contributed by atoms with van der Waals surface area (Å²) in [6.45, 7) is 0.692. The maximum Gasteiger partial charge on any atom is 0.332 e. The molecule has 1 aliphatic rings. The molecule has 10 heteroatoms. The lowest BCUT2D eigenvalue weighted by atomic mass is 10.2. The number of nitriles is 1. The molecular weight excluding hydrogens is 351 g/mol. The van der Waals surface area contributed by atoms with E-state index in [1.54, 1.807) is 6.20 Å². The second kappa shape index (κ2) is 5.63. The highest BCUT2D eigenvalue weighted by Gasteiger charge is 2.31. The average Bonchev–Trinajstić information content (AvgIpc) is 3.38. The van der Waals surface area contributed by atoms with Crippen LogP contribution in [0.3, 0.4) is 0 Å². The number of aromatic nitrogens is 6. The van der Waals surface area contributed by atoms with Gasteiger partial charge in [-0.1, -0.05) is 0 Å². The van der Waals surface area contributed by atoms with Gasteiger partial charge < -0.3 is 9.88 Å². The first kappa shape index (κ1) is 15.5. The monoisotopic (exact) mass is 364 g/mol. The van der Waals surface area contributed by atoms with Gasteiger partial charge in [0.15, 0.2) is 0 Å². The van der Waals surface area contributed by atoms with Crippen LogP contribution in [-0.4, -0.2) is 35.9 Å². The number of hydrogen-bond acceptors (Lipinski definition) is 6. The van der Waals surface area contributed by atoms with Gasteiger partial charge in [-0.2, -0.15) is 5.26 Å². The van der Waals surface area contributed by atoms with Crippen LogP contribution in [0.5, 0.6) is 0 Å². The van der Waals surface area contributed by atoms with E-state index in [-0.39, 0.29) is 11.7 Å². The first-order valence-corrected chi connectivity index (χ1v) is 8.42. The SMILES string of the molecule is N#Cc1c[nH]c2ncnc(N3CCCC3c3nc4cc(F)cn4c(=O)[nH]3)c12. The molecule has 9 nitrogen and oxygen atoms in total. The van der Waals surface area contributed by atoms with Crippen molar-refractivity contribution in [1.82, 2.24) is 29.3 Å². The molecule has 5 rings (SSSR count). The van der Waals surface area contributed by atoms with Gasteiger partial charge in [0.2, 0.25) is 0 Å². The molecule has 4 aromatic rings.